The third-order valence-electron chi connectivity index (χ3n) is 3.34. The van der Waals surface area contributed by atoms with E-state index < -0.39 is 12.1 Å². The zero-order valence-corrected chi connectivity index (χ0v) is 10.5. The molecule has 0 spiro atoms. The van der Waals surface area contributed by atoms with Crippen molar-refractivity contribution in [3.8, 4) is 0 Å². The predicted octanol–water partition coefficient (Wildman–Crippen LogP) is 1.44. The summed E-state index contributed by atoms with van der Waals surface area (Å²) in [6.07, 6.45) is -1.05. The van der Waals surface area contributed by atoms with Crippen molar-refractivity contribution in [3.63, 3.8) is 0 Å². The van der Waals surface area contributed by atoms with Gasteiger partial charge in [-0.15, -0.1) is 0 Å². The van der Waals surface area contributed by atoms with Crippen molar-refractivity contribution in [1.29, 1.82) is 0 Å². The number of amides is 2. The molecule has 0 aromatic heterocycles. The molecule has 1 aliphatic rings. The molecule has 0 bridgehead atoms. The molecule has 2 amide bonds. The van der Waals surface area contributed by atoms with E-state index >= 15 is 0 Å². The highest BCUT2D eigenvalue weighted by Crippen LogP contribution is 2.35. The summed E-state index contributed by atoms with van der Waals surface area (Å²) in [6, 6.07) is 13.2. The van der Waals surface area contributed by atoms with E-state index in [-0.39, 0.29) is 5.91 Å². The summed E-state index contributed by atoms with van der Waals surface area (Å²) in [5.74, 6) is -0.875. The van der Waals surface area contributed by atoms with Gasteiger partial charge in [0.25, 0.3) is 5.91 Å². The average molecular weight is 268 g/mol. The summed E-state index contributed by atoms with van der Waals surface area (Å²) in [5.41, 5.74) is 6.98. The number of benzene rings is 2. The smallest absolute Gasteiger partial charge is 0.261 e. The Bertz CT molecular complexity index is 712. The van der Waals surface area contributed by atoms with Crippen LogP contribution in [0.3, 0.4) is 0 Å². The Morgan fingerprint density at radius 1 is 1.15 bits per heavy atom. The van der Waals surface area contributed by atoms with E-state index in [4.69, 9.17) is 5.73 Å². The van der Waals surface area contributed by atoms with Crippen molar-refractivity contribution in [2.45, 2.75) is 6.23 Å². The Kier molecular flexibility index (Phi) is 2.76. The lowest BCUT2D eigenvalue weighted by atomic mass is 10.1. The Morgan fingerprint density at radius 3 is 2.60 bits per heavy atom. The number of carbonyl (C=O) groups excluding carboxylic acids is 2. The van der Waals surface area contributed by atoms with Gasteiger partial charge in [0.1, 0.15) is 0 Å². The SMILES string of the molecule is NC(=O)c1cccc(N2C(=O)c3ccccc3C2O)c1. The zero-order chi connectivity index (χ0) is 14.3. The van der Waals surface area contributed by atoms with Crippen LogP contribution in [0.15, 0.2) is 48.5 Å². The van der Waals surface area contributed by atoms with Gasteiger partial charge in [-0.05, 0) is 24.3 Å². The minimum atomic E-state index is -1.05. The number of aliphatic hydroxyl groups excluding tert-OH is 1. The summed E-state index contributed by atoms with van der Waals surface area (Å²) in [4.78, 5) is 24.8. The van der Waals surface area contributed by atoms with Crippen molar-refractivity contribution in [2.24, 2.45) is 5.73 Å². The molecule has 1 unspecified atom stereocenters. The number of hydrogen-bond acceptors (Lipinski definition) is 3. The van der Waals surface area contributed by atoms with Crippen LogP contribution in [0.25, 0.3) is 0 Å². The number of nitrogens with zero attached hydrogens (tertiary/aromatic N) is 1. The van der Waals surface area contributed by atoms with Crippen molar-refractivity contribution in [3.05, 3.63) is 65.2 Å². The van der Waals surface area contributed by atoms with Gasteiger partial charge in [0.05, 0.1) is 0 Å². The van der Waals surface area contributed by atoms with Gasteiger partial charge in [-0.3, -0.25) is 14.5 Å². The van der Waals surface area contributed by atoms with E-state index in [0.717, 1.165) is 0 Å². The first-order valence-corrected chi connectivity index (χ1v) is 6.10. The minimum Gasteiger partial charge on any atom is -0.369 e. The molecule has 0 radical (unpaired) electrons. The fraction of sp³-hybridized carbons (Fsp3) is 0.0667. The van der Waals surface area contributed by atoms with Crippen LogP contribution in [0.4, 0.5) is 5.69 Å². The molecule has 5 nitrogen and oxygen atoms in total. The highest BCUT2D eigenvalue weighted by Gasteiger charge is 2.36. The van der Waals surface area contributed by atoms with E-state index in [1.165, 1.54) is 11.0 Å². The number of rotatable bonds is 2. The molecule has 2 aromatic rings. The van der Waals surface area contributed by atoms with E-state index in [0.29, 0.717) is 22.4 Å². The van der Waals surface area contributed by atoms with Crippen LogP contribution in [0.1, 0.15) is 32.5 Å². The molecule has 5 heteroatoms. The maximum atomic E-state index is 12.3. The Balaban J connectivity index is 2.07. The van der Waals surface area contributed by atoms with Gasteiger partial charge >= 0.3 is 0 Å². The molecule has 0 fully saturated rings. The molecule has 100 valence electrons. The Hall–Kier alpha value is -2.66. The third kappa shape index (κ3) is 1.76. The number of primary amides is 1. The highest BCUT2D eigenvalue weighted by molar-refractivity contribution is 6.11. The monoisotopic (exact) mass is 268 g/mol. The molecule has 1 atom stereocenters. The maximum Gasteiger partial charge on any atom is 0.261 e. The largest absolute Gasteiger partial charge is 0.369 e. The van der Waals surface area contributed by atoms with E-state index in [9.17, 15) is 14.7 Å². The summed E-state index contributed by atoms with van der Waals surface area (Å²) in [6.45, 7) is 0. The molecule has 0 aliphatic carbocycles. The van der Waals surface area contributed by atoms with Crippen LogP contribution in [-0.2, 0) is 0 Å². The van der Waals surface area contributed by atoms with Gasteiger partial charge in [-0.2, -0.15) is 0 Å². The third-order valence-corrected chi connectivity index (χ3v) is 3.34. The first kappa shape index (κ1) is 12.4. The van der Waals surface area contributed by atoms with Gasteiger partial charge in [-0.25, -0.2) is 0 Å². The van der Waals surface area contributed by atoms with Crippen LogP contribution < -0.4 is 10.6 Å². The standard InChI is InChI=1S/C15H12N2O3/c16-13(18)9-4-3-5-10(8-9)17-14(19)11-6-1-2-7-12(11)15(17)20/h1-8,14,19H,(H2,16,18). The first-order chi connectivity index (χ1) is 9.59. The second kappa shape index (κ2) is 4.47. The van der Waals surface area contributed by atoms with Crippen LogP contribution in [-0.4, -0.2) is 16.9 Å². The topological polar surface area (TPSA) is 83.6 Å². The number of nitrogens with two attached hydrogens (primary N) is 1. The fourth-order valence-corrected chi connectivity index (χ4v) is 2.36. The molecule has 0 saturated heterocycles. The van der Waals surface area contributed by atoms with Crippen molar-refractivity contribution in [1.82, 2.24) is 0 Å². The van der Waals surface area contributed by atoms with Crippen molar-refractivity contribution < 1.29 is 14.7 Å². The Labute approximate surface area is 115 Å². The van der Waals surface area contributed by atoms with E-state index in [2.05, 4.69) is 0 Å². The van der Waals surface area contributed by atoms with E-state index in [1.807, 2.05) is 0 Å². The lowest BCUT2D eigenvalue weighted by Gasteiger charge is -2.21. The van der Waals surface area contributed by atoms with Crippen LogP contribution >= 0.6 is 0 Å². The van der Waals surface area contributed by atoms with Gasteiger partial charge in [0.2, 0.25) is 5.91 Å². The number of hydrogen-bond donors (Lipinski definition) is 2. The Morgan fingerprint density at radius 2 is 1.90 bits per heavy atom. The summed E-state index contributed by atoms with van der Waals surface area (Å²) in [5, 5.41) is 10.3. The van der Waals surface area contributed by atoms with Gasteiger partial charge in [-0.1, -0.05) is 24.3 Å². The summed E-state index contributed by atoms with van der Waals surface area (Å²) in [7, 11) is 0. The van der Waals surface area contributed by atoms with Crippen molar-refractivity contribution in [2.75, 3.05) is 4.90 Å². The number of carbonyl (C=O) groups is 2. The van der Waals surface area contributed by atoms with Gasteiger partial charge in [0, 0.05) is 22.4 Å². The van der Waals surface area contributed by atoms with Crippen LogP contribution in [0, 0.1) is 0 Å². The second-order valence-electron chi connectivity index (χ2n) is 4.55. The lowest BCUT2D eigenvalue weighted by molar-refractivity contribution is 0.0932. The highest BCUT2D eigenvalue weighted by atomic mass is 16.3. The van der Waals surface area contributed by atoms with Crippen LogP contribution in [0.2, 0.25) is 0 Å². The molecule has 0 saturated carbocycles. The first-order valence-electron chi connectivity index (χ1n) is 6.10. The molecule has 1 heterocycles. The molecular weight excluding hydrogens is 256 g/mol. The molecule has 2 aromatic carbocycles. The number of aliphatic hydroxyl groups is 1. The quantitative estimate of drug-likeness (QED) is 0.864. The van der Waals surface area contributed by atoms with Crippen LogP contribution in [0.5, 0.6) is 0 Å². The van der Waals surface area contributed by atoms with Crippen molar-refractivity contribution >= 4 is 17.5 Å². The molecular formula is C15H12N2O3. The average Bonchev–Trinajstić information content (AvgIpc) is 2.72. The zero-order valence-electron chi connectivity index (χ0n) is 10.5. The number of fused-ring (bicyclic) bond motifs is 1. The minimum absolute atomic E-state index is 0.290. The second-order valence-corrected chi connectivity index (χ2v) is 4.55. The normalized spacial score (nSPS) is 17.1. The fourth-order valence-electron chi connectivity index (χ4n) is 2.36. The molecule has 3 rings (SSSR count). The lowest BCUT2D eigenvalue weighted by Crippen LogP contribution is -2.27. The summed E-state index contributed by atoms with van der Waals surface area (Å²) >= 11 is 0. The van der Waals surface area contributed by atoms with Gasteiger partial charge < -0.3 is 10.8 Å². The van der Waals surface area contributed by atoms with E-state index in [1.54, 1.807) is 42.5 Å². The molecule has 3 N–H and O–H groups in total. The molecule has 20 heavy (non-hydrogen) atoms. The van der Waals surface area contributed by atoms with Gasteiger partial charge in [0.15, 0.2) is 6.23 Å². The number of anilines is 1. The molecule has 1 aliphatic heterocycles. The predicted molar refractivity (Wildman–Crippen MR) is 73.2 cm³/mol. The summed E-state index contributed by atoms with van der Waals surface area (Å²) < 4.78 is 0. The maximum absolute atomic E-state index is 12.3.